The Balaban J connectivity index is 2.25. The van der Waals surface area contributed by atoms with E-state index in [0.29, 0.717) is 16.5 Å². The van der Waals surface area contributed by atoms with Crippen LogP contribution in [0.5, 0.6) is 0 Å². The van der Waals surface area contributed by atoms with Crippen molar-refractivity contribution in [1.29, 1.82) is 0 Å². The van der Waals surface area contributed by atoms with Crippen molar-refractivity contribution in [2.45, 2.75) is 12.5 Å². The third-order valence-corrected chi connectivity index (χ3v) is 3.87. The summed E-state index contributed by atoms with van der Waals surface area (Å²) in [5.41, 5.74) is 7.15. The Kier molecular flexibility index (Phi) is 4.55. The van der Waals surface area contributed by atoms with Crippen LogP contribution in [0.25, 0.3) is 0 Å². The molecule has 0 aliphatic heterocycles. The van der Waals surface area contributed by atoms with E-state index in [2.05, 4.69) is 15.9 Å². The first-order chi connectivity index (χ1) is 8.99. The number of hydrogen-bond donors (Lipinski definition) is 1. The first-order valence-corrected chi connectivity index (χ1v) is 6.79. The topological polar surface area (TPSA) is 26.0 Å². The molecule has 2 N–H and O–H groups in total. The number of rotatable bonds is 3. The molecule has 1 nitrogen and oxygen atoms in total. The average molecular weight is 347 g/mol. The third kappa shape index (κ3) is 3.32. The zero-order valence-electron chi connectivity index (χ0n) is 9.84. The minimum absolute atomic E-state index is 0.0473. The highest BCUT2D eigenvalue weighted by Gasteiger charge is 2.15. The molecule has 0 aliphatic carbocycles. The van der Waals surface area contributed by atoms with E-state index in [4.69, 9.17) is 17.3 Å². The second-order valence-electron chi connectivity index (χ2n) is 4.19. The summed E-state index contributed by atoms with van der Waals surface area (Å²) in [6.45, 7) is 0. The third-order valence-electron chi connectivity index (χ3n) is 2.84. The van der Waals surface area contributed by atoms with E-state index in [1.54, 1.807) is 18.2 Å². The molecular weight excluding hydrogens is 336 g/mol. The molecule has 1 atom stereocenters. The van der Waals surface area contributed by atoms with Crippen LogP contribution in [0.1, 0.15) is 17.2 Å². The molecule has 2 aromatic rings. The second-order valence-corrected chi connectivity index (χ2v) is 5.45. The minimum atomic E-state index is -0.541. The molecule has 0 spiro atoms. The summed E-state index contributed by atoms with van der Waals surface area (Å²) in [4.78, 5) is 0. The van der Waals surface area contributed by atoms with Crippen molar-refractivity contribution in [3.05, 3.63) is 68.7 Å². The Labute approximate surface area is 123 Å². The number of hydrogen-bond acceptors (Lipinski definition) is 1. The SMILES string of the molecule is NC(Cc1ccc(F)cc1Br)c1cccc(Cl)c1F. The number of nitrogens with two attached hydrogens (primary N) is 1. The van der Waals surface area contributed by atoms with Gasteiger partial charge in [-0.1, -0.05) is 45.7 Å². The number of halogens is 4. The maximum absolute atomic E-state index is 13.8. The highest BCUT2D eigenvalue weighted by molar-refractivity contribution is 9.10. The molecule has 0 bridgehead atoms. The molecular formula is C14H11BrClF2N. The van der Waals surface area contributed by atoms with Gasteiger partial charge >= 0.3 is 0 Å². The van der Waals surface area contributed by atoms with Crippen molar-refractivity contribution in [1.82, 2.24) is 0 Å². The molecule has 5 heteroatoms. The van der Waals surface area contributed by atoms with Crippen LogP contribution in [-0.2, 0) is 6.42 Å². The molecule has 1 unspecified atom stereocenters. The number of benzene rings is 2. The maximum Gasteiger partial charge on any atom is 0.146 e. The van der Waals surface area contributed by atoms with Gasteiger partial charge in [-0.15, -0.1) is 0 Å². The smallest absolute Gasteiger partial charge is 0.146 e. The molecule has 19 heavy (non-hydrogen) atoms. The fraction of sp³-hybridized carbons (Fsp3) is 0.143. The van der Waals surface area contributed by atoms with Gasteiger partial charge in [0.25, 0.3) is 0 Å². The van der Waals surface area contributed by atoms with Gasteiger partial charge in [0.05, 0.1) is 5.02 Å². The minimum Gasteiger partial charge on any atom is -0.324 e. The molecule has 2 rings (SSSR count). The molecule has 100 valence electrons. The fourth-order valence-corrected chi connectivity index (χ4v) is 2.54. The van der Waals surface area contributed by atoms with E-state index < -0.39 is 11.9 Å². The van der Waals surface area contributed by atoms with Crippen molar-refractivity contribution in [2.75, 3.05) is 0 Å². The van der Waals surface area contributed by atoms with Crippen LogP contribution in [0.3, 0.4) is 0 Å². The van der Waals surface area contributed by atoms with E-state index in [1.165, 1.54) is 18.2 Å². The summed E-state index contributed by atoms with van der Waals surface area (Å²) < 4.78 is 27.4. The normalized spacial score (nSPS) is 12.5. The van der Waals surface area contributed by atoms with Gasteiger partial charge in [-0.2, -0.15) is 0 Å². The molecule has 2 aromatic carbocycles. The Bertz CT molecular complexity index is 604. The average Bonchev–Trinajstić information content (AvgIpc) is 2.36. The Morgan fingerprint density at radius 1 is 1.21 bits per heavy atom. The van der Waals surface area contributed by atoms with E-state index in [9.17, 15) is 8.78 Å². The standard InChI is InChI=1S/C14H11BrClF2N/c15-11-7-9(17)5-4-8(11)6-13(19)10-2-1-3-12(16)14(10)18/h1-5,7,13H,6,19H2. The summed E-state index contributed by atoms with van der Waals surface area (Å²) in [5, 5.41) is 0.0473. The van der Waals surface area contributed by atoms with Crippen LogP contribution < -0.4 is 5.73 Å². The molecule has 0 aliphatic rings. The van der Waals surface area contributed by atoms with Crippen LogP contribution in [0.15, 0.2) is 40.9 Å². The zero-order chi connectivity index (χ0) is 14.0. The van der Waals surface area contributed by atoms with Crippen LogP contribution in [0.2, 0.25) is 5.02 Å². The Hall–Kier alpha value is -0.970. The molecule has 0 saturated carbocycles. The summed E-state index contributed by atoms with van der Waals surface area (Å²) in [7, 11) is 0. The van der Waals surface area contributed by atoms with Crippen LogP contribution in [0, 0.1) is 11.6 Å². The van der Waals surface area contributed by atoms with Gasteiger partial charge in [-0.25, -0.2) is 8.78 Å². The first kappa shape index (κ1) is 14.4. The van der Waals surface area contributed by atoms with Gasteiger partial charge in [0.15, 0.2) is 0 Å². The zero-order valence-corrected chi connectivity index (χ0v) is 12.2. The van der Waals surface area contributed by atoms with Crippen LogP contribution >= 0.6 is 27.5 Å². The predicted molar refractivity (Wildman–Crippen MR) is 76.1 cm³/mol. The van der Waals surface area contributed by atoms with Gasteiger partial charge in [0, 0.05) is 16.1 Å². The summed E-state index contributed by atoms with van der Waals surface area (Å²) in [5.74, 6) is -0.840. The highest BCUT2D eigenvalue weighted by atomic mass is 79.9. The van der Waals surface area contributed by atoms with Crippen molar-refractivity contribution in [2.24, 2.45) is 5.73 Å². The van der Waals surface area contributed by atoms with Gasteiger partial charge < -0.3 is 5.73 Å². The quantitative estimate of drug-likeness (QED) is 0.862. The van der Waals surface area contributed by atoms with E-state index in [-0.39, 0.29) is 10.8 Å². The molecule has 0 amide bonds. The Morgan fingerprint density at radius 3 is 2.63 bits per heavy atom. The lowest BCUT2D eigenvalue weighted by Gasteiger charge is -2.14. The lowest BCUT2D eigenvalue weighted by Crippen LogP contribution is -2.15. The van der Waals surface area contributed by atoms with Crippen molar-refractivity contribution in [3.8, 4) is 0 Å². The molecule has 0 fully saturated rings. The van der Waals surface area contributed by atoms with Gasteiger partial charge in [-0.05, 0) is 30.2 Å². The van der Waals surface area contributed by atoms with Gasteiger partial charge in [0.1, 0.15) is 11.6 Å². The summed E-state index contributed by atoms with van der Waals surface area (Å²) in [6.07, 6.45) is 0.387. The van der Waals surface area contributed by atoms with E-state index in [0.717, 1.165) is 5.56 Å². The molecule has 0 radical (unpaired) electrons. The van der Waals surface area contributed by atoms with Crippen LogP contribution in [-0.4, -0.2) is 0 Å². The van der Waals surface area contributed by atoms with Gasteiger partial charge in [-0.3, -0.25) is 0 Å². The lowest BCUT2D eigenvalue weighted by atomic mass is 9.99. The maximum atomic E-state index is 13.8. The predicted octanol–water partition coefficient (Wildman–Crippen LogP) is 4.62. The van der Waals surface area contributed by atoms with Crippen molar-refractivity contribution in [3.63, 3.8) is 0 Å². The van der Waals surface area contributed by atoms with Crippen molar-refractivity contribution < 1.29 is 8.78 Å². The first-order valence-electron chi connectivity index (χ1n) is 5.62. The molecule has 0 saturated heterocycles. The summed E-state index contributed by atoms with van der Waals surface area (Å²) in [6, 6.07) is 8.52. The lowest BCUT2D eigenvalue weighted by molar-refractivity contribution is 0.579. The van der Waals surface area contributed by atoms with Crippen LogP contribution in [0.4, 0.5) is 8.78 Å². The Morgan fingerprint density at radius 2 is 1.95 bits per heavy atom. The van der Waals surface area contributed by atoms with Crippen molar-refractivity contribution >= 4 is 27.5 Å². The monoisotopic (exact) mass is 345 g/mol. The second kappa shape index (κ2) is 5.99. The molecule has 0 heterocycles. The van der Waals surface area contributed by atoms with Gasteiger partial charge in [0.2, 0.25) is 0 Å². The molecule has 0 aromatic heterocycles. The fourth-order valence-electron chi connectivity index (χ4n) is 1.84. The summed E-state index contributed by atoms with van der Waals surface area (Å²) >= 11 is 8.99. The largest absolute Gasteiger partial charge is 0.324 e. The highest BCUT2D eigenvalue weighted by Crippen LogP contribution is 2.27. The van der Waals surface area contributed by atoms with E-state index >= 15 is 0 Å². The van der Waals surface area contributed by atoms with E-state index in [1.807, 2.05) is 0 Å².